The number of rotatable bonds is 26. The van der Waals surface area contributed by atoms with Crippen LogP contribution in [0.5, 0.6) is 0 Å². The van der Waals surface area contributed by atoms with Gasteiger partial charge in [-0.1, -0.05) is 121 Å². The molecule has 1 aromatic rings. The first-order valence-electron chi connectivity index (χ1n) is 17.6. The summed E-state index contributed by atoms with van der Waals surface area (Å²) >= 11 is 0. The second-order valence-corrected chi connectivity index (χ2v) is 14.4. The third kappa shape index (κ3) is 15.9. The molecule has 8 heteroatoms. The Hall–Kier alpha value is -0.790. The van der Waals surface area contributed by atoms with Crippen molar-refractivity contribution in [1.82, 2.24) is 4.90 Å². The van der Waals surface area contributed by atoms with Crippen LogP contribution in [0.1, 0.15) is 129 Å². The van der Waals surface area contributed by atoms with Gasteiger partial charge in [-0.15, -0.1) is 0 Å². The minimum atomic E-state index is -4.23. The van der Waals surface area contributed by atoms with Crippen LogP contribution < -0.4 is 0 Å². The minimum Gasteiger partial charge on any atom is -0.379 e. The summed E-state index contributed by atoms with van der Waals surface area (Å²) in [4.78, 5) is 12.9. The molecule has 7 nitrogen and oxygen atoms in total. The highest BCUT2D eigenvalue weighted by Gasteiger charge is 2.39. The van der Waals surface area contributed by atoms with Crippen LogP contribution in [0.4, 0.5) is 0 Å². The third-order valence-corrected chi connectivity index (χ3v) is 10.3. The number of piperidine rings is 3. The molecule has 4 rings (SSSR count). The molecule has 248 valence electrons. The van der Waals surface area contributed by atoms with E-state index < -0.39 is 13.9 Å². The second kappa shape index (κ2) is 21.9. The van der Waals surface area contributed by atoms with Gasteiger partial charge >= 0.3 is 7.82 Å². The smallest absolute Gasteiger partial charge is 0.379 e. The molecule has 3 aliphatic rings. The maximum atomic E-state index is 12.9. The van der Waals surface area contributed by atoms with Gasteiger partial charge in [0.05, 0.1) is 25.9 Å². The summed E-state index contributed by atoms with van der Waals surface area (Å²) in [5.74, 6) is 0.702. The van der Waals surface area contributed by atoms with E-state index in [1.807, 2.05) is 37.3 Å². The van der Waals surface area contributed by atoms with Gasteiger partial charge in [0.1, 0.15) is 6.10 Å². The number of hydrogen-bond donors (Lipinski definition) is 1. The van der Waals surface area contributed by atoms with Crippen LogP contribution in [0.3, 0.4) is 0 Å². The summed E-state index contributed by atoms with van der Waals surface area (Å²) in [6.07, 6.45) is 21.2. The van der Waals surface area contributed by atoms with Crippen molar-refractivity contribution in [1.29, 1.82) is 0 Å². The van der Waals surface area contributed by atoms with Crippen molar-refractivity contribution in [3.05, 3.63) is 35.9 Å². The standard InChI is InChI=1S/C35H62NO6P/c1-3-4-5-6-7-8-9-10-11-12-13-14-15-19-26-39-29-34(40-28-33-20-17-16-18-21-33)30-41-43(37,38)42-31(2)35-27-32-22-24-36(35)25-23-32/h16-18,20-21,31-32,34-35H,3-15,19,22-30H2,1-2H3,(H,37,38). The van der Waals surface area contributed by atoms with E-state index in [9.17, 15) is 9.46 Å². The van der Waals surface area contributed by atoms with E-state index in [0.717, 1.165) is 31.5 Å². The van der Waals surface area contributed by atoms with E-state index in [2.05, 4.69) is 11.8 Å². The van der Waals surface area contributed by atoms with E-state index in [-0.39, 0.29) is 18.8 Å². The lowest BCUT2D eigenvalue weighted by atomic mass is 9.82. The van der Waals surface area contributed by atoms with Crippen LogP contribution >= 0.6 is 7.82 Å². The number of phosphoric ester groups is 1. The molecule has 0 amide bonds. The Balaban J connectivity index is 1.27. The normalized spacial score (nSPS) is 22.8. The van der Waals surface area contributed by atoms with Gasteiger partial charge in [-0.05, 0) is 57.2 Å². The number of benzene rings is 1. The highest BCUT2D eigenvalue weighted by atomic mass is 31.2. The summed E-state index contributed by atoms with van der Waals surface area (Å²) in [5.41, 5.74) is 1.04. The summed E-state index contributed by atoms with van der Waals surface area (Å²) < 4.78 is 36.0. The van der Waals surface area contributed by atoms with Crippen molar-refractivity contribution in [3.8, 4) is 0 Å². The van der Waals surface area contributed by atoms with Crippen molar-refractivity contribution in [2.75, 3.05) is 32.9 Å². The maximum absolute atomic E-state index is 12.9. The molecule has 1 aromatic carbocycles. The average Bonchev–Trinajstić information content (AvgIpc) is 3.02. The zero-order chi connectivity index (χ0) is 30.6. The molecular weight excluding hydrogens is 561 g/mol. The number of hydrogen-bond acceptors (Lipinski definition) is 6. The molecule has 0 saturated carbocycles. The number of unbranched alkanes of at least 4 members (excludes halogenated alkanes) is 13. The van der Waals surface area contributed by atoms with Gasteiger partial charge in [0, 0.05) is 12.6 Å². The molecule has 3 heterocycles. The van der Waals surface area contributed by atoms with Crippen LogP contribution in [0, 0.1) is 5.92 Å². The van der Waals surface area contributed by atoms with Crippen LogP contribution in [-0.4, -0.2) is 61.0 Å². The summed E-state index contributed by atoms with van der Waals surface area (Å²) in [5, 5.41) is 0. The largest absolute Gasteiger partial charge is 0.472 e. The van der Waals surface area contributed by atoms with E-state index in [4.69, 9.17) is 18.5 Å². The van der Waals surface area contributed by atoms with Crippen LogP contribution in [0.15, 0.2) is 30.3 Å². The van der Waals surface area contributed by atoms with Crippen molar-refractivity contribution in [3.63, 3.8) is 0 Å². The Morgan fingerprint density at radius 3 is 2.00 bits per heavy atom. The van der Waals surface area contributed by atoms with Gasteiger partial charge in [-0.2, -0.15) is 0 Å². The predicted octanol–water partition coefficient (Wildman–Crippen LogP) is 9.08. The van der Waals surface area contributed by atoms with Gasteiger partial charge in [-0.25, -0.2) is 4.57 Å². The average molecular weight is 624 g/mol. The minimum absolute atomic E-state index is 0.0525. The summed E-state index contributed by atoms with van der Waals surface area (Å²) in [6.45, 7) is 7.58. The maximum Gasteiger partial charge on any atom is 0.472 e. The highest BCUT2D eigenvalue weighted by Crippen LogP contribution is 2.47. The quantitative estimate of drug-likeness (QED) is 0.0815. The Labute approximate surface area is 263 Å². The molecule has 3 aliphatic heterocycles. The Bertz CT molecular complexity index is 865. The van der Waals surface area contributed by atoms with Gasteiger partial charge < -0.3 is 14.4 Å². The Morgan fingerprint density at radius 1 is 0.860 bits per heavy atom. The van der Waals surface area contributed by atoms with E-state index >= 15 is 0 Å². The van der Waals surface area contributed by atoms with Crippen LogP contribution in [0.25, 0.3) is 0 Å². The zero-order valence-corrected chi connectivity index (χ0v) is 28.2. The van der Waals surface area contributed by atoms with Crippen molar-refractivity contribution in [2.24, 2.45) is 5.92 Å². The van der Waals surface area contributed by atoms with Gasteiger partial charge in [0.2, 0.25) is 0 Å². The molecule has 1 N–H and O–H groups in total. The number of fused-ring (bicyclic) bond motifs is 3. The number of ether oxygens (including phenoxy) is 2. The zero-order valence-electron chi connectivity index (χ0n) is 27.3. The van der Waals surface area contributed by atoms with E-state index in [1.165, 1.54) is 96.3 Å². The van der Waals surface area contributed by atoms with Crippen molar-refractivity contribution < 1.29 is 28.0 Å². The molecule has 4 atom stereocenters. The molecule has 3 saturated heterocycles. The van der Waals surface area contributed by atoms with E-state index in [1.54, 1.807) is 0 Å². The molecular formula is C35H62NO6P. The first-order chi connectivity index (χ1) is 21.0. The lowest BCUT2D eigenvalue weighted by molar-refractivity contribution is -0.0572. The van der Waals surface area contributed by atoms with Crippen LogP contribution in [-0.2, 0) is 29.7 Å². The van der Waals surface area contributed by atoms with Crippen molar-refractivity contribution in [2.45, 2.75) is 148 Å². The molecule has 43 heavy (non-hydrogen) atoms. The predicted molar refractivity (Wildman–Crippen MR) is 175 cm³/mol. The Kier molecular flexibility index (Phi) is 18.6. The molecule has 0 radical (unpaired) electrons. The number of phosphoric acid groups is 1. The first-order valence-corrected chi connectivity index (χ1v) is 19.1. The lowest BCUT2D eigenvalue weighted by Gasteiger charge is -2.47. The fourth-order valence-corrected chi connectivity index (χ4v) is 7.51. The molecule has 0 aliphatic carbocycles. The molecule has 2 bridgehead atoms. The molecule has 4 unspecified atom stereocenters. The monoisotopic (exact) mass is 623 g/mol. The topological polar surface area (TPSA) is 77.5 Å². The molecule has 0 aromatic heterocycles. The Morgan fingerprint density at radius 2 is 1.44 bits per heavy atom. The van der Waals surface area contributed by atoms with Gasteiger partial charge in [-0.3, -0.25) is 13.9 Å². The fourth-order valence-electron chi connectivity index (χ4n) is 6.53. The SMILES string of the molecule is CCCCCCCCCCCCCCCCOCC(COP(=O)(O)OC(C)C1CC2CCN1CC2)OCc1ccccc1. The van der Waals surface area contributed by atoms with E-state index in [0.29, 0.717) is 25.7 Å². The van der Waals surface area contributed by atoms with Crippen molar-refractivity contribution >= 4 is 7.82 Å². The summed E-state index contributed by atoms with van der Waals surface area (Å²) in [6, 6.07) is 10.1. The number of nitrogens with zero attached hydrogens (tertiary/aromatic N) is 1. The lowest BCUT2D eigenvalue weighted by Crippen LogP contribution is -2.53. The van der Waals surface area contributed by atoms with Crippen LogP contribution in [0.2, 0.25) is 0 Å². The molecule has 3 fully saturated rings. The van der Waals surface area contributed by atoms with Gasteiger partial charge in [0.15, 0.2) is 0 Å². The second-order valence-electron chi connectivity index (χ2n) is 12.9. The molecule has 0 spiro atoms. The first kappa shape index (κ1) is 36.7. The van der Waals surface area contributed by atoms with Gasteiger partial charge in [0.25, 0.3) is 0 Å². The summed E-state index contributed by atoms with van der Waals surface area (Å²) in [7, 11) is -4.23. The highest BCUT2D eigenvalue weighted by molar-refractivity contribution is 7.47. The third-order valence-electron chi connectivity index (χ3n) is 9.23. The fraction of sp³-hybridized carbons (Fsp3) is 0.829.